The molecule has 3 rings (SSSR count). The molecule has 0 aliphatic carbocycles. The third kappa shape index (κ3) is 1.93. The van der Waals surface area contributed by atoms with E-state index in [2.05, 4.69) is 30.0 Å². The van der Waals surface area contributed by atoms with Gasteiger partial charge in [0, 0.05) is 0 Å². The standard InChI is InChI=1S/C15H17N3O/c1-10(2)13-8-11-9-16-15(18(11)17-13)12-6-4-5-7-14(12)19-3/h4-8,10H,9H2,1-3H3. The summed E-state index contributed by atoms with van der Waals surface area (Å²) in [6.45, 7) is 4.99. The topological polar surface area (TPSA) is 39.4 Å². The molecule has 0 saturated carbocycles. The molecule has 1 aliphatic rings. The first-order valence-corrected chi connectivity index (χ1v) is 6.47. The second-order valence-corrected chi connectivity index (χ2v) is 4.97. The summed E-state index contributed by atoms with van der Waals surface area (Å²) in [4.78, 5) is 4.58. The van der Waals surface area contributed by atoms with Crippen LogP contribution in [0.5, 0.6) is 5.75 Å². The highest BCUT2D eigenvalue weighted by atomic mass is 16.5. The fourth-order valence-electron chi connectivity index (χ4n) is 2.27. The van der Waals surface area contributed by atoms with Gasteiger partial charge in [0.25, 0.3) is 0 Å². The predicted molar refractivity (Wildman–Crippen MR) is 74.9 cm³/mol. The van der Waals surface area contributed by atoms with E-state index < -0.39 is 0 Å². The van der Waals surface area contributed by atoms with E-state index in [-0.39, 0.29) is 0 Å². The number of benzene rings is 1. The Morgan fingerprint density at radius 1 is 1.26 bits per heavy atom. The number of fused-ring (bicyclic) bond motifs is 1. The molecule has 0 fully saturated rings. The number of para-hydroxylation sites is 1. The summed E-state index contributed by atoms with van der Waals surface area (Å²) in [5, 5.41) is 4.65. The van der Waals surface area contributed by atoms with Gasteiger partial charge in [0.05, 0.1) is 30.6 Å². The summed E-state index contributed by atoms with van der Waals surface area (Å²) in [5.74, 6) is 2.13. The zero-order valence-corrected chi connectivity index (χ0v) is 11.4. The van der Waals surface area contributed by atoms with Crippen LogP contribution in [0, 0.1) is 0 Å². The molecule has 4 heteroatoms. The Balaban J connectivity index is 2.06. The molecule has 0 amide bonds. The van der Waals surface area contributed by atoms with Crippen molar-refractivity contribution in [1.29, 1.82) is 0 Å². The third-order valence-electron chi connectivity index (χ3n) is 3.33. The van der Waals surface area contributed by atoms with Crippen LogP contribution in [0.2, 0.25) is 0 Å². The molecule has 2 aromatic rings. The smallest absolute Gasteiger partial charge is 0.160 e. The van der Waals surface area contributed by atoms with Gasteiger partial charge in [-0.3, -0.25) is 4.99 Å². The van der Waals surface area contributed by atoms with Gasteiger partial charge in [0.2, 0.25) is 0 Å². The van der Waals surface area contributed by atoms with Gasteiger partial charge < -0.3 is 4.74 Å². The minimum absolute atomic E-state index is 0.428. The SMILES string of the molecule is COc1ccccc1C1=NCc2cc(C(C)C)nn21. The van der Waals surface area contributed by atoms with Crippen LogP contribution < -0.4 is 4.74 Å². The number of nitrogens with zero attached hydrogens (tertiary/aromatic N) is 3. The Morgan fingerprint density at radius 2 is 2.05 bits per heavy atom. The van der Waals surface area contributed by atoms with Crippen molar-refractivity contribution in [3.8, 4) is 5.75 Å². The van der Waals surface area contributed by atoms with Gasteiger partial charge in [0.15, 0.2) is 5.84 Å². The number of hydrogen-bond donors (Lipinski definition) is 0. The van der Waals surface area contributed by atoms with Crippen molar-refractivity contribution in [3.05, 3.63) is 47.3 Å². The minimum atomic E-state index is 0.428. The highest BCUT2D eigenvalue weighted by Crippen LogP contribution is 2.25. The number of aliphatic imine (C=N–C) groups is 1. The average molecular weight is 255 g/mol. The van der Waals surface area contributed by atoms with E-state index in [1.807, 2.05) is 28.9 Å². The van der Waals surface area contributed by atoms with Crippen LogP contribution in [0.3, 0.4) is 0 Å². The highest BCUT2D eigenvalue weighted by molar-refractivity contribution is 6.03. The summed E-state index contributed by atoms with van der Waals surface area (Å²) < 4.78 is 7.34. The number of ether oxygens (including phenoxy) is 1. The van der Waals surface area contributed by atoms with Gasteiger partial charge in [-0.05, 0) is 24.1 Å². The van der Waals surface area contributed by atoms with Crippen molar-refractivity contribution in [2.45, 2.75) is 26.3 Å². The maximum Gasteiger partial charge on any atom is 0.160 e. The molecule has 1 aromatic heterocycles. The Kier molecular flexibility index (Phi) is 2.85. The molecule has 0 spiro atoms. The average Bonchev–Trinajstić information content (AvgIpc) is 2.98. The van der Waals surface area contributed by atoms with E-state index in [4.69, 9.17) is 4.74 Å². The van der Waals surface area contributed by atoms with Gasteiger partial charge in [0.1, 0.15) is 5.75 Å². The molecular weight excluding hydrogens is 238 g/mol. The van der Waals surface area contributed by atoms with Gasteiger partial charge in [-0.25, -0.2) is 4.68 Å². The zero-order valence-electron chi connectivity index (χ0n) is 11.4. The lowest BCUT2D eigenvalue weighted by Gasteiger charge is -2.09. The molecule has 0 radical (unpaired) electrons. The van der Waals surface area contributed by atoms with Gasteiger partial charge in [-0.1, -0.05) is 26.0 Å². The maximum atomic E-state index is 5.41. The molecule has 1 aliphatic heterocycles. The van der Waals surface area contributed by atoms with Crippen LogP contribution >= 0.6 is 0 Å². The molecule has 19 heavy (non-hydrogen) atoms. The van der Waals surface area contributed by atoms with Crippen LogP contribution in [-0.2, 0) is 6.54 Å². The summed E-state index contributed by atoms with van der Waals surface area (Å²) >= 11 is 0. The third-order valence-corrected chi connectivity index (χ3v) is 3.33. The number of rotatable bonds is 3. The largest absolute Gasteiger partial charge is 0.496 e. The molecule has 0 atom stereocenters. The summed E-state index contributed by atoms with van der Waals surface area (Å²) in [6.07, 6.45) is 0. The van der Waals surface area contributed by atoms with E-state index >= 15 is 0 Å². The van der Waals surface area contributed by atoms with Crippen molar-refractivity contribution in [3.63, 3.8) is 0 Å². The summed E-state index contributed by atoms with van der Waals surface area (Å²) in [6, 6.07) is 10.1. The Morgan fingerprint density at radius 3 is 2.79 bits per heavy atom. The molecule has 98 valence electrons. The van der Waals surface area contributed by atoms with Crippen LogP contribution in [0.15, 0.2) is 35.3 Å². The van der Waals surface area contributed by atoms with Crippen molar-refractivity contribution in [2.24, 2.45) is 4.99 Å². The summed E-state index contributed by atoms with van der Waals surface area (Å²) in [7, 11) is 1.68. The normalized spacial score (nSPS) is 13.6. The highest BCUT2D eigenvalue weighted by Gasteiger charge is 2.22. The maximum absolute atomic E-state index is 5.41. The minimum Gasteiger partial charge on any atom is -0.496 e. The monoisotopic (exact) mass is 255 g/mol. The zero-order chi connectivity index (χ0) is 13.4. The van der Waals surface area contributed by atoms with Crippen LogP contribution in [0.4, 0.5) is 0 Å². The van der Waals surface area contributed by atoms with Crippen LogP contribution in [0.1, 0.15) is 36.7 Å². The Hall–Kier alpha value is -2.10. The quantitative estimate of drug-likeness (QED) is 0.846. The van der Waals surface area contributed by atoms with E-state index in [9.17, 15) is 0 Å². The van der Waals surface area contributed by atoms with E-state index in [1.165, 1.54) is 0 Å². The second-order valence-electron chi connectivity index (χ2n) is 4.97. The molecule has 1 aromatic carbocycles. The molecular formula is C15H17N3O. The van der Waals surface area contributed by atoms with E-state index in [1.54, 1.807) is 7.11 Å². The van der Waals surface area contributed by atoms with E-state index in [0.29, 0.717) is 12.5 Å². The lowest BCUT2D eigenvalue weighted by atomic mass is 10.1. The van der Waals surface area contributed by atoms with Gasteiger partial charge in [-0.2, -0.15) is 5.10 Å². The van der Waals surface area contributed by atoms with E-state index in [0.717, 1.165) is 28.5 Å². The Bertz CT molecular complexity index is 641. The lowest BCUT2D eigenvalue weighted by molar-refractivity contribution is 0.413. The molecule has 0 saturated heterocycles. The molecule has 0 N–H and O–H groups in total. The second kappa shape index (κ2) is 4.53. The number of hydrogen-bond acceptors (Lipinski definition) is 3. The number of aromatic nitrogens is 2. The molecule has 2 heterocycles. The first-order chi connectivity index (χ1) is 9.20. The van der Waals surface area contributed by atoms with Gasteiger partial charge >= 0.3 is 0 Å². The van der Waals surface area contributed by atoms with Crippen molar-refractivity contribution in [1.82, 2.24) is 9.78 Å². The molecule has 0 unspecified atom stereocenters. The van der Waals surface area contributed by atoms with Crippen molar-refractivity contribution in [2.75, 3.05) is 7.11 Å². The molecule has 0 bridgehead atoms. The fourth-order valence-corrected chi connectivity index (χ4v) is 2.27. The van der Waals surface area contributed by atoms with Crippen LogP contribution in [-0.4, -0.2) is 22.7 Å². The van der Waals surface area contributed by atoms with Crippen LogP contribution in [0.25, 0.3) is 0 Å². The number of methoxy groups -OCH3 is 1. The first-order valence-electron chi connectivity index (χ1n) is 6.47. The molecule has 4 nitrogen and oxygen atoms in total. The fraction of sp³-hybridized carbons (Fsp3) is 0.333. The van der Waals surface area contributed by atoms with Gasteiger partial charge in [-0.15, -0.1) is 0 Å². The first kappa shape index (κ1) is 12.0. The summed E-state index contributed by atoms with van der Waals surface area (Å²) in [5.41, 5.74) is 3.24. The predicted octanol–water partition coefficient (Wildman–Crippen LogP) is 2.82. The van der Waals surface area contributed by atoms with Crippen molar-refractivity contribution < 1.29 is 4.74 Å². The Labute approximate surface area is 112 Å². The lowest BCUT2D eigenvalue weighted by Crippen LogP contribution is -2.14. The van der Waals surface area contributed by atoms with Crippen molar-refractivity contribution >= 4 is 5.84 Å².